The van der Waals surface area contributed by atoms with E-state index in [2.05, 4.69) is 0 Å². The lowest BCUT2D eigenvalue weighted by atomic mass is 9.96. The number of halogens is 3. The minimum absolute atomic E-state index is 0.0130. The van der Waals surface area contributed by atoms with E-state index in [-0.39, 0.29) is 30.2 Å². The Bertz CT molecular complexity index is 1370. The largest absolute Gasteiger partial charge is 0.465 e. The molecule has 1 saturated heterocycles. The van der Waals surface area contributed by atoms with Gasteiger partial charge in [-0.3, -0.25) is 24.2 Å². The molecular formula is C27H26F3N3O5. The zero-order valence-corrected chi connectivity index (χ0v) is 21.1. The zero-order chi connectivity index (χ0) is 27.6. The van der Waals surface area contributed by atoms with Crippen molar-refractivity contribution < 1.29 is 37.1 Å². The lowest BCUT2D eigenvalue weighted by Gasteiger charge is -2.38. The second kappa shape index (κ2) is 8.85. The van der Waals surface area contributed by atoms with E-state index in [9.17, 15) is 32.3 Å². The van der Waals surface area contributed by atoms with Gasteiger partial charge in [0.1, 0.15) is 0 Å². The summed E-state index contributed by atoms with van der Waals surface area (Å²) in [6.07, 6.45) is -3.24. The summed E-state index contributed by atoms with van der Waals surface area (Å²) in [5.74, 6) is -3.03. The molecule has 200 valence electrons. The van der Waals surface area contributed by atoms with Crippen LogP contribution in [-0.2, 0) is 37.3 Å². The number of fused-ring (bicyclic) bond motifs is 2. The van der Waals surface area contributed by atoms with Crippen LogP contribution in [0.2, 0.25) is 0 Å². The molecule has 5 rings (SSSR count). The van der Waals surface area contributed by atoms with Crippen molar-refractivity contribution in [1.29, 1.82) is 0 Å². The number of ether oxygens (including phenoxy) is 1. The number of nitrogens with zero attached hydrogens (tertiary/aromatic N) is 3. The Balaban J connectivity index is 1.53. The number of rotatable bonds is 5. The Morgan fingerprint density at radius 3 is 2.47 bits per heavy atom. The van der Waals surface area contributed by atoms with Crippen molar-refractivity contribution in [2.45, 2.75) is 44.8 Å². The molecule has 0 N–H and O–H groups in total. The summed E-state index contributed by atoms with van der Waals surface area (Å²) in [5.41, 5.74) is 0.424. The molecule has 2 heterocycles. The zero-order valence-electron chi connectivity index (χ0n) is 21.1. The molecule has 2 aromatic rings. The van der Waals surface area contributed by atoms with Gasteiger partial charge < -0.3 is 9.64 Å². The highest BCUT2D eigenvalue weighted by molar-refractivity contribution is 6.13. The lowest BCUT2D eigenvalue weighted by molar-refractivity contribution is -0.154. The van der Waals surface area contributed by atoms with Gasteiger partial charge in [-0.05, 0) is 67.6 Å². The van der Waals surface area contributed by atoms with E-state index in [0.29, 0.717) is 18.5 Å². The second-order valence-corrected chi connectivity index (χ2v) is 9.86. The van der Waals surface area contributed by atoms with Crippen LogP contribution in [0.1, 0.15) is 42.0 Å². The smallest absolute Gasteiger partial charge is 0.416 e. The average Bonchev–Trinajstić information content (AvgIpc) is 3.64. The van der Waals surface area contributed by atoms with Crippen molar-refractivity contribution in [2.24, 2.45) is 5.92 Å². The quantitative estimate of drug-likeness (QED) is 0.429. The van der Waals surface area contributed by atoms with Crippen molar-refractivity contribution in [2.75, 3.05) is 30.0 Å². The molecule has 2 fully saturated rings. The van der Waals surface area contributed by atoms with Crippen molar-refractivity contribution in [3.05, 3.63) is 58.7 Å². The number of anilines is 2. The van der Waals surface area contributed by atoms with Crippen LogP contribution >= 0.6 is 0 Å². The summed E-state index contributed by atoms with van der Waals surface area (Å²) in [6.45, 7) is 2.14. The van der Waals surface area contributed by atoms with Gasteiger partial charge in [0.15, 0.2) is 5.92 Å². The van der Waals surface area contributed by atoms with Gasteiger partial charge in [0.05, 0.1) is 30.7 Å². The van der Waals surface area contributed by atoms with Gasteiger partial charge in [0, 0.05) is 18.4 Å². The minimum atomic E-state index is -4.61. The monoisotopic (exact) mass is 529 g/mol. The van der Waals surface area contributed by atoms with Crippen LogP contribution in [0, 0.1) is 12.8 Å². The summed E-state index contributed by atoms with van der Waals surface area (Å²) >= 11 is 0. The highest BCUT2D eigenvalue weighted by Gasteiger charge is 2.58. The third-order valence-corrected chi connectivity index (χ3v) is 7.67. The SMILES string of the molecule is CCOC(=O)C1CN(c2ccc3c(c2)C2(CC2)C(=O)N3C)C(=O)N(Cc2cccc(C(F)(F)F)c2C)C1=O. The number of carbonyl (C=O) groups excluding carboxylic acids is 4. The first-order chi connectivity index (χ1) is 17.9. The van der Waals surface area contributed by atoms with E-state index in [0.717, 1.165) is 22.2 Å². The van der Waals surface area contributed by atoms with Crippen molar-refractivity contribution in [3.63, 3.8) is 0 Å². The Hall–Kier alpha value is -3.89. The molecule has 3 aliphatic rings. The standard InChI is InChI=1S/C27H26F3N3O5/c1-4-38-23(35)18-14-32(17-8-9-21-20(12-17)26(10-11-26)24(36)31(21)3)25(37)33(22(18)34)13-16-6-5-7-19(15(16)2)27(28,29)30/h5-9,12,18H,4,10-11,13-14H2,1-3H3. The van der Waals surface area contributed by atoms with Crippen LogP contribution in [0.15, 0.2) is 36.4 Å². The molecule has 1 atom stereocenters. The van der Waals surface area contributed by atoms with Gasteiger partial charge in [-0.1, -0.05) is 12.1 Å². The summed E-state index contributed by atoms with van der Waals surface area (Å²) < 4.78 is 45.5. The molecular weight excluding hydrogens is 503 g/mol. The van der Waals surface area contributed by atoms with Crippen LogP contribution in [0.25, 0.3) is 0 Å². The van der Waals surface area contributed by atoms with Crippen LogP contribution in [0.5, 0.6) is 0 Å². The van der Waals surface area contributed by atoms with E-state index in [1.807, 2.05) is 0 Å². The molecule has 11 heteroatoms. The molecule has 0 aromatic heterocycles. The number of urea groups is 1. The number of hydrogen-bond acceptors (Lipinski definition) is 5. The fourth-order valence-corrected chi connectivity index (χ4v) is 5.40. The fraction of sp³-hybridized carbons (Fsp3) is 0.407. The normalized spacial score (nSPS) is 20.3. The predicted molar refractivity (Wildman–Crippen MR) is 130 cm³/mol. The van der Waals surface area contributed by atoms with Crippen LogP contribution in [0.3, 0.4) is 0 Å². The highest BCUT2D eigenvalue weighted by atomic mass is 19.4. The number of imide groups is 1. The first-order valence-corrected chi connectivity index (χ1v) is 12.3. The molecule has 2 aromatic carbocycles. The number of hydrogen-bond donors (Lipinski definition) is 0. The Morgan fingerprint density at radius 1 is 1.13 bits per heavy atom. The van der Waals surface area contributed by atoms with E-state index in [1.165, 1.54) is 24.0 Å². The molecule has 0 bridgehead atoms. The van der Waals surface area contributed by atoms with Gasteiger partial charge in [-0.2, -0.15) is 13.2 Å². The first-order valence-electron chi connectivity index (χ1n) is 12.3. The molecule has 1 unspecified atom stereocenters. The number of benzene rings is 2. The summed E-state index contributed by atoms with van der Waals surface area (Å²) in [7, 11) is 1.69. The van der Waals surface area contributed by atoms with Crippen LogP contribution in [-0.4, -0.2) is 48.9 Å². The molecule has 38 heavy (non-hydrogen) atoms. The molecule has 1 aliphatic carbocycles. The summed E-state index contributed by atoms with van der Waals surface area (Å²) in [4.78, 5) is 56.1. The Labute approximate surface area is 216 Å². The number of amides is 4. The van der Waals surface area contributed by atoms with Gasteiger partial charge >= 0.3 is 18.2 Å². The fourth-order valence-electron chi connectivity index (χ4n) is 5.40. The number of alkyl halides is 3. The maximum Gasteiger partial charge on any atom is 0.416 e. The maximum atomic E-state index is 13.6. The molecule has 8 nitrogen and oxygen atoms in total. The molecule has 2 aliphatic heterocycles. The number of carbonyl (C=O) groups is 4. The molecule has 1 spiro atoms. The lowest BCUT2D eigenvalue weighted by Crippen LogP contribution is -2.58. The Morgan fingerprint density at radius 2 is 1.84 bits per heavy atom. The van der Waals surface area contributed by atoms with E-state index in [1.54, 1.807) is 37.1 Å². The van der Waals surface area contributed by atoms with E-state index < -0.39 is 47.5 Å². The van der Waals surface area contributed by atoms with Gasteiger partial charge in [0.2, 0.25) is 11.8 Å². The third-order valence-electron chi connectivity index (χ3n) is 7.67. The van der Waals surface area contributed by atoms with E-state index >= 15 is 0 Å². The number of likely N-dealkylation sites (N-methyl/N-ethyl adjacent to an activating group) is 1. The van der Waals surface area contributed by atoms with Crippen molar-refractivity contribution in [1.82, 2.24) is 4.90 Å². The maximum absolute atomic E-state index is 13.6. The first kappa shape index (κ1) is 25.7. The van der Waals surface area contributed by atoms with Crippen molar-refractivity contribution in [3.8, 4) is 0 Å². The average molecular weight is 530 g/mol. The molecule has 1 saturated carbocycles. The topological polar surface area (TPSA) is 87.2 Å². The summed E-state index contributed by atoms with van der Waals surface area (Å²) in [6, 6.07) is 7.88. The highest BCUT2D eigenvalue weighted by Crippen LogP contribution is 2.57. The second-order valence-electron chi connectivity index (χ2n) is 9.86. The van der Waals surface area contributed by atoms with Gasteiger partial charge in [-0.15, -0.1) is 0 Å². The van der Waals surface area contributed by atoms with Crippen LogP contribution < -0.4 is 9.80 Å². The summed E-state index contributed by atoms with van der Waals surface area (Å²) in [5, 5.41) is 0. The van der Waals surface area contributed by atoms with E-state index in [4.69, 9.17) is 4.74 Å². The Kier molecular flexibility index (Phi) is 6.00. The number of esters is 1. The van der Waals surface area contributed by atoms with Gasteiger partial charge in [-0.25, -0.2) is 4.79 Å². The minimum Gasteiger partial charge on any atom is -0.465 e. The molecule has 4 amide bonds. The van der Waals surface area contributed by atoms with Crippen molar-refractivity contribution >= 4 is 35.2 Å². The van der Waals surface area contributed by atoms with Crippen LogP contribution in [0.4, 0.5) is 29.3 Å². The molecule has 0 radical (unpaired) electrons. The predicted octanol–water partition coefficient (Wildman–Crippen LogP) is 4.17. The third kappa shape index (κ3) is 3.91. The van der Waals surface area contributed by atoms with Gasteiger partial charge in [0.25, 0.3) is 0 Å².